The summed E-state index contributed by atoms with van der Waals surface area (Å²) in [5.41, 5.74) is 2.66. The van der Waals surface area contributed by atoms with Gasteiger partial charge < -0.3 is 19.0 Å². The first kappa shape index (κ1) is 20.6. The minimum Gasteiger partial charge on any atom is -0.497 e. The predicted octanol–water partition coefficient (Wildman–Crippen LogP) is 5.43. The van der Waals surface area contributed by atoms with Gasteiger partial charge in [-0.05, 0) is 48.7 Å². The number of H-pyrrole nitrogens is 1. The Balaban J connectivity index is 1.32. The van der Waals surface area contributed by atoms with Gasteiger partial charge in [-0.3, -0.25) is 4.79 Å². The summed E-state index contributed by atoms with van der Waals surface area (Å²) in [6, 6.07) is 13.4. The molecule has 1 aliphatic rings. The van der Waals surface area contributed by atoms with Gasteiger partial charge >= 0.3 is 0 Å². The van der Waals surface area contributed by atoms with Crippen molar-refractivity contribution in [1.82, 2.24) is 14.9 Å². The molecule has 32 heavy (non-hydrogen) atoms. The molecule has 1 N–H and O–H groups in total. The summed E-state index contributed by atoms with van der Waals surface area (Å²) in [5, 5.41) is 1.58. The molecule has 0 bridgehead atoms. The minimum atomic E-state index is 0.0138. The lowest BCUT2D eigenvalue weighted by Crippen LogP contribution is -2.39. The van der Waals surface area contributed by atoms with E-state index in [9.17, 15) is 4.79 Å². The number of benzene rings is 2. The zero-order chi connectivity index (χ0) is 22.1. The number of amides is 1. The van der Waals surface area contributed by atoms with Crippen LogP contribution in [0.1, 0.15) is 46.3 Å². The fraction of sp³-hybridized carbons (Fsp3) is 0.280. The van der Waals surface area contributed by atoms with Crippen LogP contribution in [0, 0.1) is 0 Å². The van der Waals surface area contributed by atoms with E-state index in [1.807, 2.05) is 47.4 Å². The van der Waals surface area contributed by atoms with Gasteiger partial charge in [-0.1, -0.05) is 23.7 Å². The van der Waals surface area contributed by atoms with Gasteiger partial charge in [-0.25, -0.2) is 4.98 Å². The molecule has 1 aliphatic heterocycles. The van der Waals surface area contributed by atoms with E-state index in [-0.39, 0.29) is 11.8 Å². The quantitative estimate of drug-likeness (QED) is 0.441. The second-order valence-electron chi connectivity index (χ2n) is 8.18. The number of rotatable bonds is 5. The topological polar surface area (TPSA) is 71.4 Å². The number of ether oxygens (including phenoxy) is 1. The normalized spacial score (nSPS) is 16.4. The molecule has 0 unspecified atom stereocenters. The van der Waals surface area contributed by atoms with Crippen LogP contribution in [0.25, 0.3) is 10.9 Å². The van der Waals surface area contributed by atoms with Crippen molar-refractivity contribution in [3.05, 3.63) is 82.7 Å². The summed E-state index contributed by atoms with van der Waals surface area (Å²) in [6.07, 6.45) is 6.06. The molecular formula is C25H24ClN3O3. The van der Waals surface area contributed by atoms with Crippen LogP contribution in [0.4, 0.5) is 0 Å². The van der Waals surface area contributed by atoms with Crippen molar-refractivity contribution in [3.8, 4) is 5.75 Å². The van der Waals surface area contributed by atoms with Crippen LogP contribution in [-0.2, 0) is 6.42 Å². The van der Waals surface area contributed by atoms with Crippen molar-refractivity contribution < 1.29 is 13.9 Å². The van der Waals surface area contributed by atoms with Gasteiger partial charge in [0.1, 0.15) is 11.5 Å². The summed E-state index contributed by atoms with van der Waals surface area (Å²) in [4.78, 5) is 22.9. The molecule has 0 aliphatic carbocycles. The number of aromatic nitrogens is 2. The summed E-state index contributed by atoms with van der Waals surface area (Å²) in [5.74, 6) is 2.32. The van der Waals surface area contributed by atoms with E-state index in [1.165, 1.54) is 0 Å². The number of hydrogen-bond acceptors (Lipinski definition) is 4. The Labute approximate surface area is 191 Å². The Morgan fingerprint density at radius 2 is 2.22 bits per heavy atom. The molecule has 7 heteroatoms. The average molecular weight is 450 g/mol. The molecule has 1 atom stereocenters. The van der Waals surface area contributed by atoms with Crippen LogP contribution in [0.5, 0.6) is 5.75 Å². The van der Waals surface area contributed by atoms with E-state index in [2.05, 4.69) is 9.97 Å². The van der Waals surface area contributed by atoms with E-state index < -0.39 is 0 Å². The average Bonchev–Trinajstić information content (AvgIpc) is 3.45. The van der Waals surface area contributed by atoms with E-state index in [0.29, 0.717) is 29.4 Å². The zero-order valence-corrected chi connectivity index (χ0v) is 18.6. The Hall–Kier alpha value is -3.25. The number of likely N-dealkylation sites (tertiary alicyclic amines) is 1. The number of aromatic amines is 1. The Morgan fingerprint density at radius 3 is 3.06 bits per heavy atom. The number of oxazole rings is 1. The van der Waals surface area contributed by atoms with E-state index in [0.717, 1.165) is 47.4 Å². The van der Waals surface area contributed by atoms with Crippen LogP contribution in [-0.4, -0.2) is 41.0 Å². The van der Waals surface area contributed by atoms with E-state index in [4.69, 9.17) is 20.8 Å². The number of carbonyl (C=O) groups is 1. The van der Waals surface area contributed by atoms with Crippen molar-refractivity contribution in [2.45, 2.75) is 25.2 Å². The Morgan fingerprint density at radius 1 is 1.31 bits per heavy atom. The van der Waals surface area contributed by atoms with Crippen molar-refractivity contribution in [3.63, 3.8) is 0 Å². The van der Waals surface area contributed by atoms with Gasteiger partial charge in [-0.2, -0.15) is 0 Å². The van der Waals surface area contributed by atoms with Crippen LogP contribution in [0.3, 0.4) is 0 Å². The second kappa shape index (κ2) is 8.71. The summed E-state index contributed by atoms with van der Waals surface area (Å²) >= 11 is 6.09. The molecule has 5 rings (SSSR count). The number of halogens is 1. The third-order valence-electron chi connectivity index (χ3n) is 6.02. The predicted molar refractivity (Wildman–Crippen MR) is 123 cm³/mol. The van der Waals surface area contributed by atoms with Crippen molar-refractivity contribution >= 4 is 28.4 Å². The lowest BCUT2D eigenvalue weighted by molar-refractivity contribution is 0.0700. The molecule has 0 spiro atoms. The Kier molecular flexibility index (Phi) is 5.62. The zero-order valence-electron chi connectivity index (χ0n) is 17.8. The van der Waals surface area contributed by atoms with Gasteiger partial charge in [0.15, 0.2) is 5.89 Å². The first-order valence-corrected chi connectivity index (χ1v) is 11.1. The Bertz CT molecular complexity index is 1260. The number of nitrogens with one attached hydrogen (secondary N) is 1. The fourth-order valence-electron chi connectivity index (χ4n) is 4.38. The molecule has 0 saturated carbocycles. The highest BCUT2D eigenvalue weighted by molar-refractivity contribution is 6.30. The molecule has 164 valence electrons. The first-order valence-electron chi connectivity index (χ1n) is 10.7. The molecular weight excluding hydrogens is 426 g/mol. The lowest BCUT2D eigenvalue weighted by atomic mass is 9.97. The molecule has 1 fully saturated rings. The van der Waals surface area contributed by atoms with Crippen LogP contribution in [0.2, 0.25) is 5.02 Å². The summed E-state index contributed by atoms with van der Waals surface area (Å²) < 4.78 is 11.4. The maximum atomic E-state index is 13.3. The molecule has 2 aromatic heterocycles. The maximum absolute atomic E-state index is 13.3. The molecule has 2 aromatic carbocycles. The van der Waals surface area contributed by atoms with Crippen LogP contribution in [0.15, 0.2) is 59.3 Å². The molecule has 3 heterocycles. The summed E-state index contributed by atoms with van der Waals surface area (Å²) in [6.45, 7) is 1.31. The van der Waals surface area contributed by atoms with Crippen molar-refractivity contribution in [2.24, 2.45) is 0 Å². The lowest BCUT2D eigenvalue weighted by Gasteiger charge is -2.31. The number of methoxy groups -OCH3 is 1. The minimum absolute atomic E-state index is 0.0138. The number of carbonyl (C=O) groups excluding carboxylic acids is 1. The standard InChI is InChI=1S/C25H24ClN3O3/c1-31-19-7-8-23-21(12-19)22(14-27-23)25(30)29-9-3-5-17(15-29)24-28-13-20(32-24)11-16-4-2-6-18(26)10-16/h2,4,6-8,10,12-14,17,27H,3,5,9,11,15H2,1H3/t17-/m1/s1. The monoisotopic (exact) mass is 449 g/mol. The second-order valence-corrected chi connectivity index (χ2v) is 8.61. The number of nitrogens with zero attached hydrogens (tertiary/aromatic N) is 2. The SMILES string of the molecule is COc1ccc2[nH]cc(C(=O)N3CCC[C@@H](c4ncc(Cc5cccc(Cl)c5)o4)C3)c2c1. The van der Waals surface area contributed by atoms with E-state index in [1.54, 1.807) is 19.5 Å². The molecule has 1 saturated heterocycles. The molecule has 0 radical (unpaired) electrons. The van der Waals surface area contributed by atoms with Crippen LogP contribution >= 0.6 is 11.6 Å². The van der Waals surface area contributed by atoms with Gasteiger partial charge in [0.2, 0.25) is 0 Å². The highest BCUT2D eigenvalue weighted by Crippen LogP contribution is 2.30. The van der Waals surface area contributed by atoms with Crippen molar-refractivity contribution in [2.75, 3.05) is 20.2 Å². The highest BCUT2D eigenvalue weighted by Gasteiger charge is 2.29. The third kappa shape index (κ3) is 4.10. The van der Waals surface area contributed by atoms with Crippen LogP contribution < -0.4 is 4.74 Å². The summed E-state index contributed by atoms with van der Waals surface area (Å²) in [7, 11) is 1.63. The maximum Gasteiger partial charge on any atom is 0.256 e. The number of hydrogen-bond donors (Lipinski definition) is 1. The number of piperidine rings is 1. The fourth-order valence-corrected chi connectivity index (χ4v) is 4.59. The van der Waals surface area contributed by atoms with E-state index >= 15 is 0 Å². The highest BCUT2D eigenvalue weighted by atomic mass is 35.5. The first-order chi connectivity index (χ1) is 15.6. The largest absolute Gasteiger partial charge is 0.497 e. The smallest absolute Gasteiger partial charge is 0.256 e. The third-order valence-corrected chi connectivity index (χ3v) is 6.25. The van der Waals surface area contributed by atoms with Gasteiger partial charge in [0, 0.05) is 41.6 Å². The molecule has 6 nitrogen and oxygen atoms in total. The molecule has 4 aromatic rings. The van der Waals surface area contributed by atoms with Gasteiger partial charge in [0.25, 0.3) is 5.91 Å². The van der Waals surface area contributed by atoms with Gasteiger partial charge in [-0.15, -0.1) is 0 Å². The van der Waals surface area contributed by atoms with Crippen molar-refractivity contribution in [1.29, 1.82) is 0 Å². The molecule has 1 amide bonds. The number of fused-ring (bicyclic) bond motifs is 1. The van der Waals surface area contributed by atoms with Gasteiger partial charge in [0.05, 0.1) is 24.8 Å².